The zero-order valence-corrected chi connectivity index (χ0v) is 17.8. The van der Waals surface area contributed by atoms with Gasteiger partial charge in [-0.15, -0.1) is 0 Å². The van der Waals surface area contributed by atoms with E-state index >= 15 is 0 Å². The molecule has 29 heavy (non-hydrogen) atoms. The highest BCUT2D eigenvalue weighted by atomic mass is 35.5. The number of hydrogen-bond acceptors (Lipinski definition) is 5. The molecular weight excluding hydrogens is 386 g/mol. The van der Waals surface area contributed by atoms with E-state index in [9.17, 15) is 5.11 Å². The van der Waals surface area contributed by atoms with Crippen LogP contribution in [-0.2, 0) is 6.54 Å². The molecule has 156 valence electrons. The maximum absolute atomic E-state index is 9.63. The fourth-order valence-electron chi connectivity index (χ4n) is 4.52. The van der Waals surface area contributed by atoms with Crippen LogP contribution in [0.3, 0.4) is 0 Å². The molecule has 5 nitrogen and oxygen atoms in total. The van der Waals surface area contributed by atoms with Crippen molar-refractivity contribution in [3.8, 4) is 11.5 Å². The van der Waals surface area contributed by atoms with Crippen molar-refractivity contribution in [2.24, 2.45) is 0 Å². The van der Waals surface area contributed by atoms with Gasteiger partial charge in [0.2, 0.25) is 0 Å². The van der Waals surface area contributed by atoms with Gasteiger partial charge in [-0.2, -0.15) is 0 Å². The second kappa shape index (κ2) is 9.24. The Kier molecular flexibility index (Phi) is 6.48. The summed E-state index contributed by atoms with van der Waals surface area (Å²) in [6, 6.07) is 14.5. The Morgan fingerprint density at radius 2 is 1.79 bits per heavy atom. The number of hydrogen-bond donors (Lipinski definition) is 1. The van der Waals surface area contributed by atoms with E-state index in [4.69, 9.17) is 16.3 Å². The van der Waals surface area contributed by atoms with Gasteiger partial charge in [-0.1, -0.05) is 17.7 Å². The molecular formula is C23H30ClN3O2. The number of phenolic OH excluding ortho intramolecular Hbond substituents is 1. The van der Waals surface area contributed by atoms with Crippen molar-refractivity contribution in [2.75, 3.05) is 51.3 Å². The van der Waals surface area contributed by atoms with Crippen LogP contribution in [0.1, 0.15) is 18.4 Å². The minimum absolute atomic E-state index is 0.154. The predicted octanol–water partition coefficient (Wildman–Crippen LogP) is 3.84. The van der Waals surface area contributed by atoms with E-state index in [0.29, 0.717) is 11.1 Å². The Hall–Kier alpha value is -1.95. The molecule has 2 aromatic carbocycles. The highest BCUT2D eigenvalue weighted by Gasteiger charge is 2.28. The van der Waals surface area contributed by atoms with E-state index in [0.717, 1.165) is 57.1 Å². The lowest BCUT2D eigenvalue weighted by molar-refractivity contribution is 0.0887. The number of nitrogens with zero attached hydrogens (tertiary/aromatic N) is 3. The third-order valence-corrected chi connectivity index (χ3v) is 6.47. The smallest absolute Gasteiger partial charge is 0.134 e. The van der Waals surface area contributed by atoms with Gasteiger partial charge in [0.15, 0.2) is 0 Å². The highest BCUT2D eigenvalue weighted by Crippen LogP contribution is 2.26. The standard InChI is InChI=1S/C23H30ClN3O2/c1-29-21-7-5-19(6-8-21)26-11-13-27(14-12-26)20-3-2-10-25(17-20)16-18-4-9-23(28)22(24)15-18/h4-9,15,20,28H,2-3,10-14,16-17H2,1H3. The zero-order valence-electron chi connectivity index (χ0n) is 17.1. The molecule has 0 bridgehead atoms. The number of phenols is 1. The van der Waals surface area contributed by atoms with Gasteiger partial charge in [-0.3, -0.25) is 9.80 Å². The monoisotopic (exact) mass is 415 g/mol. The number of piperazine rings is 1. The van der Waals surface area contributed by atoms with Gasteiger partial charge >= 0.3 is 0 Å². The van der Waals surface area contributed by atoms with Crippen molar-refractivity contribution >= 4 is 17.3 Å². The second-order valence-electron chi connectivity index (χ2n) is 8.04. The van der Waals surface area contributed by atoms with Crippen LogP contribution < -0.4 is 9.64 Å². The second-order valence-corrected chi connectivity index (χ2v) is 8.45. The fourth-order valence-corrected chi connectivity index (χ4v) is 4.72. The molecule has 2 aliphatic heterocycles. The van der Waals surface area contributed by atoms with Gasteiger partial charge in [0.05, 0.1) is 12.1 Å². The molecule has 0 saturated carbocycles. The number of piperidine rings is 1. The molecule has 1 N–H and O–H groups in total. The van der Waals surface area contributed by atoms with Crippen molar-refractivity contribution in [3.63, 3.8) is 0 Å². The molecule has 6 heteroatoms. The number of aromatic hydroxyl groups is 1. The molecule has 2 heterocycles. The summed E-state index contributed by atoms with van der Waals surface area (Å²) >= 11 is 6.07. The topological polar surface area (TPSA) is 39.2 Å². The van der Waals surface area contributed by atoms with Crippen molar-refractivity contribution in [1.82, 2.24) is 9.80 Å². The number of benzene rings is 2. The highest BCUT2D eigenvalue weighted by molar-refractivity contribution is 6.32. The molecule has 2 aliphatic rings. The van der Waals surface area contributed by atoms with Crippen LogP contribution >= 0.6 is 11.6 Å². The minimum Gasteiger partial charge on any atom is -0.506 e. The van der Waals surface area contributed by atoms with E-state index < -0.39 is 0 Å². The first kappa shape index (κ1) is 20.3. The first-order valence-electron chi connectivity index (χ1n) is 10.4. The van der Waals surface area contributed by atoms with Crippen LogP contribution in [0.15, 0.2) is 42.5 Å². The SMILES string of the molecule is COc1ccc(N2CCN(C3CCCN(Cc4ccc(O)c(Cl)c4)C3)CC2)cc1. The van der Waals surface area contributed by atoms with E-state index in [1.165, 1.54) is 18.5 Å². The Bertz CT molecular complexity index is 806. The summed E-state index contributed by atoms with van der Waals surface area (Å²) in [7, 11) is 1.71. The van der Waals surface area contributed by atoms with Gasteiger partial charge in [-0.25, -0.2) is 0 Å². The molecule has 0 radical (unpaired) electrons. The lowest BCUT2D eigenvalue weighted by Gasteiger charge is -2.44. The Morgan fingerprint density at radius 1 is 1.03 bits per heavy atom. The Balaban J connectivity index is 1.30. The fraction of sp³-hybridized carbons (Fsp3) is 0.478. The van der Waals surface area contributed by atoms with E-state index in [-0.39, 0.29) is 5.75 Å². The molecule has 0 aromatic heterocycles. The van der Waals surface area contributed by atoms with Crippen molar-refractivity contribution in [3.05, 3.63) is 53.1 Å². The number of anilines is 1. The van der Waals surface area contributed by atoms with Crippen LogP contribution in [-0.4, -0.2) is 67.3 Å². The zero-order chi connectivity index (χ0) is 20.2. The van der Waals surface area contributed by atoms with Crippen molar-refractivity contribution < 1.29 is 9.84 Å². The van der Waals surface area contributed by atoms with Crippen LogP contribution in [0, 0.1) is 0 Å². The van der Waals surface area contributed by atoms with Gasteiger partial charge in [0.1, 0.15) is 11.5 Å². The average Bonchev–Trinajstić information content (AvgIpc) is 2.77. The van der Waals surface area contributed by atoms with Crippen LogP contribution in [0.2, 0.25) is 5.02 Å². The van der Waals surface area contributed by atoms with Gasteiger partial charge in [0, 0.05) is 51.0 Å². The quantitative estimate of drug-likeness (QED) is 0.803. The van der Waals surface area contributed by atoms with Crippen LogP contribution in [0.4, 0.5) is 5.69 Å². The molecule has 2 fully saturated rings. The number of halogens is 1. The van der Waals surface area contributed by atoms with E-state index in [1.54, 1.807) is 13.2 Å². The largest absolute Gasteiger partial charge is 0.506 e. The van der Waals surface area contributed by atoms with Gasteiger partial charge in [-0.05, 0) is 61.3 Å². The first-order valence-corrected chi connectivity index (χ1v) is 10.8. The Labute approximate surface area is 178 Å². The summed E-state index contributed by atoms with van der Waals surface area (Å²) in [5.41, 5.74) is 2.44. The van der Waals surface area contributed by atoms with E-state index in [2.05, 4.69) is 26.8 Å². The number of likely N-dealkylation sites (tertiary alicyclic amines) is 1. The minimum atomic E-state index is 0.154. The third kappa shape index (κ3) is 4.97. The molecule has 4 rings (SSSR count). The number of ether oxygens (including phenoxy) is 1. The third-order valence-electron chi connectivity index (χ3n) is 6.17. The average molecular weight is 416 g/mol. The number of rotatable bonds is 5. The summed E-state index contributed by atoms with van der Waals surface area (Å²) in [4.78, 5) is 7.65. The first-order chi connectivity index (χ1) is 14.1. The molecule has 2 saturated heterocycles. The van der Waals surface area contributed by atoms with Crippen molar-refractivity contribution in [1.29, 1.82) is 0 Å². The predicted molar refractivity (Wildman–Crippen MR) is 118 cm³/mol. The normalized spacial score (nSPS) is 21.3. The Morgan fingerprint density at radius 3 is 2.48 bits per heavy atom. The molecule has 1 atom stereocenters. The molecule has 2 aromatic rings. The summed E-state index contributed by atoms with van der Waals surface area (Å²) < 4.78 is 5.27. The lowest BCUT2D eigenvalue weighted by Crippen LogP contribution is -2.55. The maximum atomic E-state index is 9.63. The van der Waals surface area contributed by atoms with Gasteiger partial charge in [0.25, 0.3) is 0 Å². The van der Waals surface area contributed by atoms with Crippen LogP contribution in [0.25, 0.3) is 0 Å². The molecule has 0 spiro atoms. The summed E-state index contributed by atoms with van der Waals surface area (Å²) in [6.07, 6.45) is 2.50. The van der Waals surface area contributed by atoms with Gasteiger partial charge < -0.3 is 14.7 Å². The summed E-state index contributed by atoms with van der Waals surface area (Å²) in [5.74, 6) is 1.06. The van der Waals surface area contributed by atoms with Crippen LogP contribution in [0.5, 0.6) is 11.5 Å². The van der Waals surface area contributed by atoms with E-state index in [1.807, 2.05) is 24.3 Å². The molecule has 0 aliphatic carbocycles. The lowest BCUT2D eigenvalue weighted by atomic mass is 10.0. The molecule has 1 unspecified atom stereocenters. The van der Waals surface area contributed by atoms with Crippen molar-refractivity contribution in [2.45, 2.75) is 25.4 Å². The molecule has 0 amide bonds. The number of methoxy groups -OCH3 is 1. The maximum Gasteiger partial charge on any atom is 0.134 e. The summed E-state index contributed by atoms with van der Waals surface area (Å²) in [5, 5.41) is 10.1. The summed E-state index contributed by atoms with van der Waals surface area (Å²) in [6.45, 7) is 7.46.